The van der Waals surface area contributed by atoms with Crippen LogP contribution in [0.15, 0.2) is 35.5 Å². The number of piperidine rings is 1. The Kier molecular flexibility index (Phi) is 9.93. The van der Waals surface area contributed by atoms with E-state index in [1.165, 1.54) is 0 Å². The van der Waals surface area contributed by atoms with Crippen molar-refractivity contribution < 1.29 is 4.79 Å². The van der Waals surface area contributed by atoms with Crippen molar-refractivity contribution >= 4 is 36.7 Å². The number of halogens is 2. The van der Waals surface area contributed by atoms with Crippen molar-refractivity contribution in [2.75, 3.05) is 44.2 Å². The van der Waals surface area contributed by atoms with Crippen LogP contribution in [0.1, 0.15) is 35.2 Å². The van der Waals surface area contributed by atoms with E-state index in [0.29, 0.717) is 43.6 Å². The predicted octanol–water partition coefficient (Wildman–Crippen LogP) is 2.14. The summed E-state index contributed by atoms with van der Waals surface area (Å²) in [7, 11) is 0. The summed E-state index contributed by atoms with van der Waals surface area (Å²) in [6.07, 6.45) is 8.35. The molecule has 2 fully saturated rings. The molecule has 8 nitrogen and oxygen atoms in total. The highest BCUT2D eigenvalue weighted by Gasteiger charge is 2.25. The Hall–Kier alpha value is -2.16. The Morgan fingerprint density at radius 2 is 1.91 bits per heavy atom. The number of hydrogen-bond acceptors (Lipinski definition) is 6. The first-order valence-corrected chi connectivity index (χ1v) is 10.9. The smallest absolute Gasteiger partial charge is 0.263 e. The van der Waals surface area contributed by atoms with Gasteiger partial charge >= 0.3 is 0 Å². The lowest BCUT2D eigenvalue weighted by molar-refractivity contribution is 0.0763. The van der Waals surface area contributed by atoms with E-state index < -0.39 is 0 Å². The van der Waals surface area contributed by atoms with Crippen LogP contribution in [0.2, 0.25) is 0 Å². The minimum absolute atomic E-state index is 0. The normalized spacial score (nSPS) is 18.8. The molecule has 32 heavy (non-hydrogen) atoms. The highest BCUT2D eigenvalue weighted by atomic mass is 35.5. The fourth-order valence-corrected chi connectivity index (χ4v) is 4.36. The number of amides is 1. The Balaban J connectivity index is 0.00000181. The highest BCUT2D eigenvalue weighted by Crippen LogP contribution is 2.15. The monoisotopic (exact) mass is 482 g/mol. The molecule has 1 amide bonds. The third-order valence-electron chi connectivity index (χ3n) is 6.06. The average Bonchev–Trinajstić information content (AvgIpc) is 3.03. The summed E-state index contributed by atoms with van der Waals surface area (Å²) in [6, 6.07) is 3.69. The van der Waals surface area contributed by atoms with Gasteiger partial charge in [0.25, 0.3) is 11.5 Å². The molecule has 1 unspecified atom stereocenters. The third kappa shape index (κ3) is 5.99. The van der Waals surface area contributed by atoms with E-state index >= 15 is 0 Å². The van der Waals surface area contributed by atoms with Crippen LogP contribution in [-0.2, 0) is 6.54 Å². The van der Waals surface area contributed by atoms with Crippen LogP contribution in [0.3, 0.4) is 0 Å². The molecule has 176 valence electrons. The Bertz CT molecular complexity index is 934. The molecule has 4 rings (SSSR count). The molecule has 4 heterocycles. The molecule has 10 heteroatoms. The van der Waals surface area contributed by atoms with Gasteiger partial charge in [-0.3, -0.25) is 9.59 Å². The van der Waals surface area contributed by atoms with Gasteiger partial charge in [0.15, 0.2) is 0 Å². The molecule has 0 radical (unpaired) electrons. The van der Waals surface area contributed by atoms with Crippen LogP contribution in [0, 0.1) is 12.8 Å². The fourth-order valence-electron chi connectivity index (χ4n) is 4.36. The lowest BCUT2D eigenvalue weighted by atomic mass is 9.99. The van der Waals surface area contributed by atoms with Crippen molar-refractivity contribution in [1.29, 1.82) is 0 Å². The van der Waals surface area contributed by atoms with E-state index in [0.717, 1.165) is 44.5 Å². The molecule has 1 N–H and O–H groups in total. The molecule has 0 aromatic carbocycles. The van der Waals surface area contributed by atoms with Gasteiger partial charge in [0.05, 0.1) is 0 Å². The lowest BCUT2D eigenvalue weighted by Gasteiger charge is -2.25. The van der Waals surface area contributed by atoms with Gasteiger partial charge < -0.3 is 19.7 Å². The molecule has 1 atom stereocenters. The lowest BCUT2D eigenvalue weighted by Crippen LogP contribution is -2.41. The van der Waals surface area contributed by atoms with E-state index in [4.69, 9.17) is 0 Å². The summed E-state index contributed by atoms with van der Waals surface area (Å²) >= 11 is 0. The van der Waals surface area contributed by atoms with Crippen LogP contribution in [0.25, 0.3) is 0 Å². The summed E-state index contributed by atoms with van der Waals surface area (Å²) in [6.45, 7) is 7.11. The topological polar surface area (TPSA) is 83.4 Å². The van der Waals surface area contributed by atoms with Crippen molar-refractivity contribution in [1.82, 2.24) is 24.8 Å². The van der Waals surface area contributed by atoms with Gasteiger partial charge in [-0.2, -0.15) is 0 Å². The second-order valence-electron chi connectivity index (χ2n) is 8.23. The van der Waals surface area contributed by atoms with Gasteiger partial charge in [0, 0.05) is 51.3 Å². The highest BCUT2D eigenvalue weighted by molar-refractivity contribution is 5.95. The number of anilines is 1. The number of carbonyl (C=O) groups excluding carboxylic acids is 1. The number of nitrogens with zero attached hydrogens (tertiary/aromatic N) is 5. The van der Waals surface area contributed by atoms with Crippen molar-refractivity contribution in [3.8, 4) is 0 Å². The number of aromatic nitrogens is 3. The molecule has 0 bridgehead atoms. The zero-order chi connectivity index (χ0) is 20.9. The molecular formula is C22H32Cl2N6O2. The molecular weight excluding hydrogens is 451 g/mol. The fraction of sp³-hybridized carbons (Fsp3) is 0.545. The van der Waals surface area contributed by atoms with Gasteiger partial charge in [0.1, 0.15) is 5.56 Å². The van der Waals surface area contributed by atoms with E-state index in [9.17, 15) is 9.59 Å². The maximum Gasteiger partial charge on any atom is 0.263 e. The zero-order valence-electron chi connectivity index (χ0n) is 18.4. The first-order chi connectivity index (χ1) is 14.6. The molecule has 2 aliphatic rings. The minimum Gasteiger partial charge on any atom is -0.339 e. The number of carbonyl (C=O) groups is 1. The van der Waals surface area contributed by atoms with Gasteiger partial charge in [-0.25, -0.2) is 9.97 Å². The molecule has 2 saturated heterocycles. The Morgan fingerprint density at radius 3 is 2.62 bits per heavy atom. The van der Waals surface area contributed by atoms with Crippen LogP contribution >= 0.6 is 24.8 Å². The predicted molar refractivity (Wildman–Crippen MR) is 130 cm³/mol. The number of rotatable bonds is 4. The SMILES string of the molecule is Cc1ccn(CC2CCCNC2)c(=O)c1C(=O)N1CCCN(c2ncccn2)CC1.Cl.Cl. The van der Waals surface area contributed by atoms with E-state index in [2.05, 4.69) is 20.2 Å². The van der Waals surface area contributed by atoms with E-state index in [-0.39, 0.29) is 36.3 Å². The minimum atomic E-state index is -0.168. The van der Waals surface area contributed by atoms with Crippen molar-refractivity contribution in [2.24, 2.45) is 5.92 Å². The number of nitrogens with one attached hydrogen (secondary N) is 1. The second-order valence-corrected chi connectivity index (χ2v) is 8.23. The van der Waals surface area contributed by atoms with Crippen LogP contribution in [-0.4, -0.2) is 64.6 Å². The van der Waals surface area contributed by atoms with E-state index in [1.54, 1.807) is 27.9 Å². The summed E-state index contributed by atoms with van der Waals surface area (Å²) in [4.78, 5) is 39.1. The Labute approximate surface area is 201 Å². The summed E-state index contributed by atoms with van der Waals surface area (Å²) < 4.78 is 1.72. The van der Waals surface area contributed by atoms with Crippen molar-refractivity contribution in [3.05, 3.63) is 52.2 Å². The number of hydrogen-bond donors (Lipinski definition) is 1. The third-order valence-corrected chi connectivity index (χ3v) is 6.06. The van der Waals surface area contributed by atoms with Gasteiger partial charge in [-0.1, -0.05) is 0 Å². The molecule has 0 aliphatic carbocycles. The Morgan fingerprint density at radius 1 is 1.12 bits per heavy atom. The standard InChI is InChI=1S/C22H30N6O2.2ClH/c1-17-6-12-28(16-18-5-2-7-23-15-18)21(30)19(17)20(29)26-10-4-11-27(14-13-26)22-24-8-3-9-25-22;;/h3,6,8-9,12,18,23H,2,4-5,7,10-11,13-16H2,1H3;2*1H. The summed E-state index contributed by atoms with van der Waals surface area (Å²) in [5, 5.41) is 3.39. The maximum atomic E-state index is 13.3. The van der Waals surface area contributed by atoms with Crippen LogP contribution in [0.4, 0.5) is 5.95 Å². The van der Waals surface area contributed by atoms with Crippen molar-refractivity contribution in [3.63, 3.8) is 0 Å². The molecule has 0 saturated carbocycles. The number of aryl methyl sites for hydroxylation is 1. The second kappa shape index (κ2) is 12.2. The van der Waals surface area contributed by atoms with E-state index in [1.807, 2.05) is 19.2 Å². The van der Waals surface area contributed by atoms with Gasteiger partial charge in [0.2, 0.25) is 5.95 Å². The average molecular weight is 483 g/mol. The quantitative estimate of drug-likeness (QED) is 0.718. The van der Waals surface area contributed by atoms with Gasteiger partial charge in [-0.05, 0) is 62.9 Å². The molecule has 2 aromatic heterocycles. The van der Waals surface area contributed by atoms with Gasteiger partial charge in [-0.15, -0.1) is 24.8 Å². The molecule has 2 aromatic rings. The first kappa shape index (κ1) is 26.1. The summed E-state index contributed by atoms with van der Waals surface area (Å²) in [5.74, 6) is 0.954. The largest absolute Gasteiger partial charge is 0.339 e. The first-order valence-electron chi connectivity index (χ1n) is 10.9. The maximum absolute atomic E-state index is 13.3. The number of pyridine rings is 1. The van der Waals surface area contributed by atoms with Crippen LogP contribution < -0.4 is 15.8 Å². The van der Waals surface area contributed by atoms with Crippen molar-refractivity contribution in [2.45, 2.75) is 32.7 Å². The zero-order valence-corrected chi connectivity index (χ0v) is 20.0. The van der Waals surface area contributed by atoms with Crippen LogP contribution in [0.5, 0.6) is 0 Å². The molecule has 0 spiro atoms. The molecule has 2 aliphatic heterocycles. The summed E-state index contributed by atoms with van der Waals surface area (Å²) in [5.41, 5.74) is 0.888.